The van der Waals surface area contributed by atoms with E-state index >= 15 is 0 Å². The summed E-state index contributed by atoms with van der Waals surface area (Å²) in [7, 11) is 0. The van der Waals surface area contributed by atoms with Crippen LogP contribution in [0.5, 0.6) is 0 Å². The van der Waals surface area contributed by atoms with E-state index in [2.05, 4.69) is 5.32 Å². The van der Waals surface area contributed by atoms with Crippen molar-refractivity contribution in [2.75, 3.05) is 0 Å². The molecule has 7 nitrogen and oxygen atoms in total. The summed E-state index contributed by atoms with van der Waals surface area (Å²) in [5, 5.41) is 11.8. The summed E-state index contributed by atoms with van der Waals surface area (Å²) < 4.78 is 0. The van der Waals surface area contributed by atoms with Crippen molar-refractivity contribution in [3.8, 4) is 0 Å². The number of carbonyl (C=O) groups is 4. The normalized spacial score (nSPS) is 14.1. The van der Waals surface area contributed by atoms with Gasteiger partial charge in [0.1, 0.15) is 6.04 Å². The van der Waals surface area contributed by atoms with E-state index < -0.39 is 17.9 Å². The molecule has 1 heterocycles. The van der Waals surface area contributed by atoms with Gasteiger partial charge in [-0.15, -0.1) is 0 Å². The first-order chi connectivity index (χ1) is 13.8. The fourth-order valence-electron chi connectivity index (χ4n) is 3.31. The number of hydrogen-bond acceptors (Lipinski definition) is 4. The number of imide groups is 1. The molecule has 150 valence electrons. The molecule has 0 aliphatic carbocycles. The molecule has 0 bridgehead atoms. The van der Waals surface area contributed by atoms with Gasteiger partial charge in [0.05, 0.1) is 17.7 Å². The van der Waals surface area contributed by atoms with E-state index in [0.29, 0.717) is 23.1 Å². The first kappa shape index (κ1) is 20.3. The highest BCUT2D eigenvalue weighted by Crippen LogP contribution is 2.24. The number of fused-ring (bicyclic) bond motifs is 1. The summed E-state index contributed by atoms with van der Waals surface area (Å²) >= 11 is 0. The van der Waals surface area contributed by atoms with E-state index in [0.717, 1.165) is 4.90 Å². The van der Waals surface area contributed by atoms with Crippen molar-refractivity contribution in [2.24, 2.45) is 5.92 Å². The zero-order valence-electron chi connectivity index (χ0n) is 16.2. The molecular formula is C22H22N2O5. The van der Waals surface area contributed by atoms with Crippen LogP contribution in [-0.4, -0.2) is 39.7 Å². The number of nitrogens with zero attached hydrogens (tertiary/aromatic N) is 1. The van der Waals surface area contributed by atoms with Crippen molar-refractivity contribution in [1.29, 1.82) is 0 Å². The minimum atomic E-state index is -1.09. The van der Waals surface area contributed by atoms with Crippen LogP contribution < -0.4 is 5.32 Å². The van der Waals surface area contributed by atoms with Crippen molar-refractivity contribution in [2.45, 2.75) is 32.9 Å². The molecule has 0 saturated carbocycles. The second-order valence-corrected chi connectivity index (χ2v) is 7.44. The summed E-state index contributed by atoms with van der Waals surface area (Å²) in [6.07, 6.45) is 0.315. The first-order valence-electron chi connectivity index (χ1n) is 9.35. The molecule has 2 aromatic carbocycles. The zero-order valence-corrected chi connectivity index (χ0v) is 16.2. The van der Waals surface area contributed by atoms with Gasteiger partial charge in [-0.2, -0.15) is 0 Å². The van der Waals surface area contributed by atoms with Crippen molar-refractivity contribution < 1.29 is 24.3 Å². The second-order valence-electron chi connectivity index (χ2n) is 7.44. The van der Waals surface area contributed by atoms with E-state index in [1.54, 1.807) is 48.5 Å². The SMILES string of the molecule is CC(C)C[C@@H](NC(=O)c1cccc(CN2C(=O)c3ccccc3C2=O)c1)C(=O)O. The van der Waals surface area contributed by atoms with Crippen LogP contribution in [0, 0.1) is 5.92 Å². The molecule has 1 aliphatic rings. The number of carbonyl (C=O) groups excluding carboxylic acids is 3. The minimum Gasteiger partial charge on any atom is -0.480 e. The van der Waals surface area contributed by atoms with Gasteiger partial charge in [0.15, 0.2) is 0 Å². The van der Waals surface area contributed by atoms with Crippen molar-refractivity contribution >= 4 is 23.7 Å². The number of benzene rings is 2. The molecule has 1 atom stereocenters. The number of hydrogen-bond donors (Lipinski definition) is 2. The van der Waals surface area contributed by atoms with Crippen LogP contribution in [0.2, 0.25) is 0 Å². The Balaban J connectivity index is 1.75. The van der Waals surface area contributed by atoms with E-state index in [1.807, 2.05) is 13.8 Å². The van der Waals surface area contributed by atoms with E-state index in [-0.39, 0.29) is 29.8 Å². The lowest BCUT2D eigenvalue weighted by molar-refractivity contribution is -0.139. The quantitative estimate of drug-likeness (QED) is 0.703. The van der Waals surface area contributed by atoms with E-state index in [4.69, 9.17) is 0 Å². The largest absolute Gasteiger partial charge is 0.480 e. The zero-order chi connectivity index (χ0) is 21.1. The Kier molecular flexibility index (Phi) is 5.77. The molecule has 1 aliphatic heterocycles. The third-order valence-corrected chi connectivity index (χ3v) is 4.72. The molecule has 2 aromatic rings. The summed E-state index contributed by atoms with van der Waals surface area (Å²) in [6, 6.07) is 12.1. The number of nitrogens with one attached hydrogen (secondary N) is 1. The highest BCUT2D eigenvalue weighted by molar-refractivity contribution is 6.21. The van der Waals surface area contributed by atoms with Crippen LogP contribution >= 0.6 is 0 Å². The molecule has 0 spiro atoms. The van der Waals surface area contributed by atoms with Crippen LogP contribution in [0.25, 0.3) is 0 Å². The van der Waals surface area contributed by atoms with Gasteiger partial charge in [-0.25, -0.2) is 4.79 Å². The Morgan fingerprint density at radius 2 is 1.62 bits per heavy atom. The van der Waals surface area contributed by atoms with E-state index in [1.165, 1.54) is 0 Å². The standard InChI is InChI=1S/C22H22N2O5/c1-13(2)10-18(22(28)29)23-19(25)15-7-5-6-14(11-15)12-24-20(26)16-8-3-4-9-17(16)21(24)27/h3-9,11,13,18H,10,12H2,1-2H3,(H,23,25)(H,28,29)/t18-/m1/s1. The molecule has 3 rings (SSSR count). The van der Waals surface area contributed by atoms with Gasteiger partial charge in [-0.1, -0.05) is 38.1 Å². The van der Waals surface area contributed by atoms with Gasteiger partial charge >= 0.3 is 5.97 Å². The van der Waals surface area contributed by atoms with Gasteiger partial charge in [0.25, 0.3) is 17.7 Å². The van der Waals surface area contributed by atoms with Crippen LogP contribution in [0.15, 0.2) is 48.5 Å². The summed E-state index contributed by atoms with van der Waals surface area (Å²) in [4.78, 5) is 50.1. The molecule has 0 unspecified atom stereocenters. The van der Waals surface area contributed by atoms with Crippen LogP contribution in [0.1, 0.15) is 56.9 Å². The number of amides is 3. The third-order valence-electron chi connectivity index (χ3n) is 4.72. The topological polar surface area (TPSA) is 104 Å². The smallest absolute Gasteiger partial charge is 0.326 e. The molecule has 0 saturated heterocycles. The summed E-state index contributed by atoms with van der Waals surface area (Å²) in [5.41, 5.74) is 1.60. The van der Waals surface area contributed by atoms with Crippen LogP contribution in [0.4, 0.5) is 0 Å². The highest BCUT2D eigenvalue weighted by atomic mass is 16.4. The van der Waals surface area contributed by atoms with Gasteiger partial charge in [-0.3, -0.25) is 19.3 Å². The molecule has 0 aromatic heterocycles. The molecule has 3 amide bonds. The Morgan fingerprint density at radius 1 is 1.00 bits per heavy atom. The summed E-state index contributed by atoms with van der Waals surface area (Å²) in [6.45, 7) is 3.79. The number of carboxylic acids is 1. The Morgan fingerprint density at radius 3 is 2.17 bits per heavy atom. The second kappa shape index (κ2) is 8.26. The van der Waals surface area contributed by atoms with Gasteiger partial charge in [0, 0.05) is 5.56 Å². The summed E-state index contributed by atoms with van der Waals surface area (Å²) in [5.74, 6) is -2.24. The van der Waals surface area contributed by atoms with Crippen molar-refractivity contribution in [3.05, 3.63) is 70.8 Å². The van der Waals surface area contributed by atoms with Gasteiger partial charge in [0.2, 0.25) is 0 Å². The molecule has 29 heavy (non-hydrogen) atoms. The fraction of sp³-hybridized carbons (Fsp3) is 0.273. The lowest BCUT2D eigenvalue weighted by Crippen LogP contribution is -2.41. The van der Waals surface area contributed by atoms with Crippen LogP contribution in [0.3, 0.4) is 0 Å². The maximum atomic E-state index is 12.5. The molecule has 7 heteroatoms. The third kappa shape index (κ3) is 4.34. The number of aliphatic carboxylic acids is 1. The van der Waals surface area contributed by atoms with Crippen molar-refractivity contribution in [3.63, 3.8) is 0 Å². The predicted molar refractivity (Wildman–Crippen MR) is 105 cm³/mol. The fourth-order valence-corrected chi connectivity index (χ4v) is 3.31. The van der Waals surface area contributed by atoms with E-state index in [9.17, 15) is 24.3 Å². The predicted octanol–water partition coefficient (Wildman–Crippen LogP) is 2.71. The molecular weight excluding hydrogens is 372 g/mol. The number of rotatable bonds is 7. The average Bonchev–Trinajstić information content (AvgIpc) is 2.92. The Hall–Kier alpha value is -3.48. The molecule has 0 radical (unpaired) electrons. The lowest BCUT2D eigenvalue weighted by atomic mass is 10.0. The Bertz CT molecular complexity index is 948. The first-order valence-corrected chi connectivity index (χ1v) is 9.35. The van der Waals surface area contributed by atoms with Gasteiger partial charge < -0.3 is 10.4 Å². The average molecular weight is 394 g/mol. The maximum absolute atomic E-state index is 12.5. The molecule has 0 fully saturated rings. The van der Waals surface area contributed by atoms with Crippen molar-refractivity contribution in [1.82, 2.24) is 10.2 Å². The van der Waals surface area contributed by atoms with Gasteiger partial charge in [-0.05, 0) is 42.2 Å². The lowest BCUT2D eigenvalue weighted by Gasteiger charge is -2.17. The molecule has 2 N–H and O–H groups in total. The Labute approximate surface area is 168 Å². The van der Waals surface area contributed by atoms with Crippen LogP contribution in [-0.2, 0) is 11.3 Å². The monoisotopic (exact) mass is 394 g/mol. The maximum Gasteiger partial charge on any atom is 0.326 e. The minimum absolute atomic E-state index is 0.0296. The number of carboxylic acid groups (broad SMARTS) is 1. The highest BCUT2D eigenvalue weighted by Gasteiger charge is 2.35.